The van der Waals surface area contributed by atoms with Gasteiger partial charge in [-0.25, -0.2) is 0 Å². The van der Waals surface area contributed by atoms with Crippen molar-refractivity contribution in [2.45, 2.75) is 51.6 Å². The number of hydrogen-bond donors (Lipinski definition) is 1. The predicted molar refractivity (Wildman–Crippen MR) is 50.5 cm³/mol. The average molecular weight is 186 g/mol. The van der Waals surface area contributed by atoms with Crippen LogP contribution in [0, 0.1) is 5.92 Å². The van der Waals surface area contributed by atoms with Crippen molar-refractivity contribution in [3.63, 3.8) is 0 Å². The maximum absolute atomic E-state index is 11.9. The van der Waals surface area contributed by atoms with E-state index in [9.17, 15) is 5.21 Å². The van der Waals surface area contributed by atoms with Crippen LogP contribution in [-0.4, -0.2) is 27.9 Å². The molecule has 1 atom stereocenters. The molecular weight excluding hydrogens is 166 g/mol. The molecule has 77 valence electrons. The lowest BCUT2D eigenvalue weighted by molar-refractivity contribution is -0.248. The van der Waals surface area contributed by atoms with Gasteiger partial charge in [0.15, 0.2) is 0 Å². The summed E-state index contributed by atoms with van der Waals surface area (Å²) in [6, 6.07) is 0. The summed E-state index contributed by atoms with van der Waals surface area (Å²) in [6.45, 7) is 8.06. The third-order valence-corrected chi connectivity index (χ3v) is 3.30. The van der Waals surface area contributed by atoms with Crippen LogP contribution in [0.1, 0.15) is 40.5 Å². The fraction of sp³-hybridized carbons (Fsp3) is 1.00. The molecule has 13 heavy (non-hydrogen) atoms. The normalized spacial score (nSPS) is 32.3. The Morgan fingerprint density at radius 2 is 1.92 bits per heavy atom. The summed E-state index contributed by atoms with van der Waals surface area (Å²) in [4.78, 5) is 0. The van der Waals surface area contributed by atoms with E-state index in [4.69, 9.17) is 5.11 Å². The Bertz CT molecular complexity index is 189. The molecule has 0 aromatic rings. The van der Waals surface area contributed by atoms with E-state index in [1.54, 1.807) is 0 Å². The highest BCUT2D eigenvalue weighted by molar-refractivity contribution is 5.01. The monoisotopic (exact) mass is 186 g/mol. The lowest BCUT2D eigenvalue weighted by atomic mass is 9.85. The molecule has 0 spiro atoms. The Morgan fingerprint density at radius 3 is 2.23 bits per heavy atom. The smallest absolute Gasteiger partial charge is 0.0473 e. The Balaban J connectivity index is 2.80. The zero-order valence-electron chi connectivity index (χ0n) is 9.00. The maximum atomic E-state index is 11.9. The molecular formula is C10H20NO2. The van der Waals surface area contributed by atoms with Crippen molar-refractivity contribution >= 4 is 0 Å². The van der Waals surface area contributed by atoms with Gasteiger partial charge < -0.3 is 5.11 Å². The first kappa shape index (κ1) is 11.0. The standard InChI is InChI=1S/C10H20NO2/c1-9(2)7-8(5-6-12)10(3,4)11(9)13/h8,12H,5-7H2,1-4H3. The first-order chi connectivity index (χ1) is 5.82. The number of rotatable bonds is 2. The van der Waals surface area contributed by atoms with E-state index in [0.29, 0.717) is 5.92 Å². The summed E-state index contributed by atoms with van der Waals surface area (Å²) < 4.78 is 0. The van der Waals surface area contributed by atoms with Gasteiger partial charge in [-0.1, -0.05) is 0 Å². The average Bonchev–Trinajstić information content (AvgIpc) is 2.14. The molecule has 0 aromatic heterocycles. The Morgan fingerprint density at radius 1 is 1.38 bits per heavy atom. The van der Waals surface area contributed by atoms with Crippen LogP contribution >= 0.6 is 0 Å². The van der Waals surface area contributed by atoms with Crippen LogP contribution < -0.4 is 0 Å². The van der Waals surface area contributed by atoms with E-state index >= 15 is 0 Å². The van der Waals surface area contributed by atoms with E-state index in [1.807, 2.05) is 27.7 Å². The molecule has 1 rings (SSSR count). The lowest BCUT2D eigenvalue weighted by Gasteiger charge is -2.33. The molecule has 1 saturated heterocycles. The van der Waals surface area contributed by atoms with Crippen LogP contribution in [0.5, 0.6) is 0 Å². The van der Waals surface area contributed by atoms with Gasteiger partial charge in [0.25, 0.3) is 0 Å². The zero-order valence-corrected chi connectivity index (χ0v) is 9.00. The van der Waals surface area contributed by atoms with Gasteiger partial charge in [-0.3, -0.25) is 0 Å². The minimum Gasteiger partial charge on any atom is -0.396 e. The number of nitrogens with zero attached hydrogens (tertiary/aromatic N) is 1. The fourth-order valence-electron chi connectivity index (χ4n) is 2.49. The van der Waals surface area contributed by atoms with E-state index in [2.05, 4.69) is 0 Å². The third kappa shape index (κ3) is 1.73. The molecule has 1 N–H and O–H groups in total. The Labute approximate surface area is 80.3 Å². The molecule has 0 saturated carbocycles. The second-order valence-electron chi connectivity index (χ2n) is 5.17. The van der Waals surface area contributed by atoms with Crippen molar-refractivity contribution in [1.29, 1.82) is 0 Å². The first-order valence-corrected chi connectivity index (χ1v) is 4.90. The molecule has 1 heterocycles. The van der Waals surface area contributed by atoms with Gasteiger partial charge in [0.1, 0.15) is 0 Å². The minimum atomic E-state index is -0.327. The highest BCUT2D eigenvalue weighted by Crippen LogP contribution is 2.44. The molecule has 1 fully saturated rings. The van der Waals surface area contributed by atoms with E-state index in [-0.39, 0.29) is 17.7 Å². The lowest BCUT2D eigenvalue weighted by Crippen LogP contribution is -2.46. The second-order valence-corrected chi connectivity index (χ2v) is 5.17. The highest BCUT2D eigenvalue weighted by Gasteiger charge is 2.51. The van der Waals surface area contributed by atoms with Gasteiger partial charge in [0.05, 0.1) is 0 Å². The summed E-state index contributed by atoms with van der Waals surface area (Å²) in [7, 11) is 0. The molecule has 1 unspecified atom stereocenters. The molecule has 0 amide bonds. The predicted octanol–water partition coefficient (Wildman–Crippen LogP) is 1.59. The summed E-state index contributed by atoms with van der Waals surface area (Å²) >= 11 is 0. The number of hydroxylamine groups is 2. The second kappa shape index (κ2) is 3.23. The summed E-state index contributed by atoms with van der Waals surface area (Å²) in [5.74, 6) is 0.310. The van der Waals surface area contributed by atoms with E-state index < -0.39 is 0 Å². The fourth-order valence-corrected chi connectivity index (χ4v) is 2.49. The van der Waals surface area contributed by atoms with Crippen molar-refractivity contribution < 1.29 is 10.3 Å². The minimum absolute atomic E-state index is 0.179. The van der Waals surface area contributed by atoms with Gasteiger partial charge >= 0.3 is 0 Å². The quantitative estimate of drug-likeness (QED) is 0.711. The molecule has 3 heteroatoms. The number of aliphatic hydroxyl groups is 1. The van der Waals surface area contributed by atoms with Crippen LogP contribution in [0.2, 0.25) is 0 Å². The molecule has 0 bridgehead atoms. The van der Waals surface area contributed by atoms with Crippen molar-refractivity contribution in [1.82, 2.24) is 5.06 Å². The summed E-state index contributed by atoms with van der Waals surface area (Å²) in [6.07, 6.45) is 1.61. The molecule has 0 aliphatic carbocycles. The molecule has 1 aliphatic rings. The largest absolute Gasteiger partial charge is 0.396 e. The molecule has 3 nitrogen and oxygen atoms in total. The summed E-state index contributed by atoms with van der Waals surface area (Å²) in [5.41, 5.74) is -0.602. The van der Waals surface area contributed by atoms with E-state index in [1.165, 1.54) is 5.06 Å². The van der Waals surface area contributed by atoms with Crippen LogP contribution in [0.3, 0.4) is 0 Å². The van der Waals surface area contributed by atoms with Crippen LogP contribution in [0.4, 0.5) is 0 Å². The van der Waals surface area contributed by atoms with Crippen molar-refractivity contribution in [3.8, 4) is 0 Å². The van der Waals surface area contributed by atoms with Gasteiger partial charge in [-0.05, 0) is 46.5 Å². The number of hydrogen-bond acceptors (Lipinski definition) is 2. The van der Waals surface area contributed by atoms with Crippen LogP contribution in [-0.2, 0) is 5.21 Å². The van der Waals surface area contributed by atoms with Crippen LogP contribution in [0.25, 0.3) is 0 Å². The van der Waals surface area contributed by atoms with Gasteiger partial charge in [0.2, 0.25) is 0 Å². The van der Waals surface area contributed by atoms with Gasteiger partial charge in [-0.15, -0.1) is 10.3 Å². The molecule has 1 radical (unpaired) electrons. The molecule has 0 aromatic carbocycles. The van der Waals surface area contributed by atoms with Crippen LogP contribution in [0.15, 0.2) is 0 Å². The maximum Gasteiger partial charge on any atom is 0.0473 e. The third-order valence-electron chi connectivity index (χ3n) is 3.30. The van der Waals surface area contributed by atoms with Crippen molar-refractivity contribution in [3.05, 3.63) is 0 Å². The molecule has 1 aliphatic heterocycles. The SMILES string of the molecule is CC1(C)CC(CCO)C(C)(C)N1[O]. The van der Waals surface area contributed by atoms with Crippen molar-refractivity contribution in [2.75, 3.05) is 6.61 Å². The summed E-state index contributed by atoms with van der Waals surface area (Å²) in [5, 5.41) is 22.0. The topological polar surface area (TPSA) is 43.4 Å². The highest BCUT2D eigenvalue weighted by atomic mass is 16.5. The Kier molecular flexibility index (Phi) is 2.72. The first-order valence-electron chi connectivity index (χ1n) is 4.90. The zero-order chi connectivity index (χ0) is 10.3. The van der Waals surface area contributed by atoms with Crippen molar-refractivity contribution in [2.24, 2.45) is 5.92 Å². The number of aliphatic hydroxyl groups excluding tert-OH is 1. The van der Waals surface area contributed by atoms with E-state index in [0.717, 1.165) is 12.8 Å². The Hall–Kier alpha value is -0.120. The van der Waals surface area contributed by atoms with Gasteiger partial charge in [-0.2, -0.15) is 0 Å². The van der Waals surface area contributed by atoms with Gasteiger partial charge in [0, 0.05) is 17.7 Å².